The number of amides is 2. The lowest BCUT2D eigenvalue weighted by molar-refractivity contribution is -0.150. The van der Waals surface area contributed by atoms with Gasteiger partial charge in [-0.15, -0.1) is 13.2 Å². The molecule has 0 heterocycles. The average Bonchev–Trinajstić information content (AvgIpc) is 2.76. The van der Waals surface area contributed by atoms with Gasteiger partial charge in [0.05, 0.1) is 13.2 Å². The maximum Gasteiger partial charge on any atom is 0.330 e. The molecule has 36 heavy (non-hydrogen) atoms. The van der Waals surface area contributed by atoms with Crippen molar-refractivity contribution in [1.29, 1.82) is 0 Å². The van der Waals surface area contributed by atoms with Crippen LogP contribution in [-0.2, 0) is 25.5 Å². The van der Waals surface area contributed by atoms with E-state index in [0.717, 1.165) is 11.3 Å². The molecule has 1 aromatic rings. The van der Waals surface area contributed by atoms with Crippen molar-refractivity contribution in [2.45, 2.75) is 77.6 Å². The second-order valence-corrected chi connectivity index (χ2v) is 10.8. The topological polar surface area (TPSA) is 97.0 Å². The Balaban J connectivity index is 3.16. The van der Waals surface area contributed by atoms with E-state index in [0.29, 0.717) is 19.5 Å². The van der Waals surface area contributed by atoms with Crippen LogP contribution in [0.2, 0.25) is 0 Å². The predicted octanol–water partition coefficient (Wildman–Crippen LogP) is 3.41. The van der Waals surface area contributed by atoms with E-state index >= 15 is 0 Å². The third-order valence-electron chi connectivity index (χ3n) is 5.37. The summed E-state index contributed by atoms with van der Waals surface area (Å²) in [6.45, 7) is 20.7. The number of hydrogen-bond acceptors (Lipinski definition) is 6. The zero-order valence-electron chi connectivity index (χ0n) is 23.1. The summed E-state index contributed by atoms with van der Waals surface area (Å²) >= 11 is 0. The zero-order chi connectivity index (χ0) is 27.7. The lowest BCUT2D eigenvalue weighted by atomic mass is 9.97. The van der Waals surface area contributed by atoms with E-state index < -0.39 is 29.0 Å². The van der Waals surface area contributed by atoms with Crippen molar-refractivity contribution in [3.8, 4) is 5.75 Å². The number of carbonyl (C=O) groups is 3. The Morgan fingerprint density at radius 3 is 1.89 bits per heavy atom. The number of benzene rings is 1. The maximum absolute atomic E-state index is 13.6. The van der Waals surface area contributed by atoms with Gasteiger partial charge < -0.3 is 20.1 Å². The molecule has 0 spiro atoms. The smallest absolute Gasteiger partial charge is 0.330 e. The molecule has 1 rings (SSSR count). The molecule has 0 saturated carbocycles. The largest absolute Gasteiger partial charge is 0.488 e. The Hall–Kier alpha value is -3.13. The van der Waals surface area contributed by atoms with Gasteiger partial charge in [-0.1, -0.05) is 24.3 Å². The first-order valence-electron chi connectivity index (χ1n) is 12.0. The van der Waals surface area contributed by atoms with Crippen molar-refractivity contribution in [3.63, 3.8) is 0 Å². The first-order chi connectivity index (χ1) is 16.6. The molecule has 1 aromatic carbocycles. The van der Waals surface area contributed by atoms with Gasteiger partial charge in [-0.3, -0.25) is 14.5 Å². The van der Waals surface area contributed by atoms with E-state index in [1.807, 2.05) is 49.9 Å². The van der Waals surface area contributed by atoms with E-state index in [1.54, 1.807) is 39.8 Å². The fourth-order valence-electron chi connectivity index (χ4n) is 3.51. The first-order valence-corrected chi connectivity index (χ1v) is 12.0. The van der Waals surface area contributed by atoms with Gasteiger partial charge in [-0.2, -0.15) is 0 Å². The van der Waals surface area contributed by atoms with Crippen LogP contribution in [0.4, 0.5) is 0 Å². The SMILES string of the molecule is C=CCN(CC=C)[C@@H](Cc1ccc(OC(C)(C)C)cc1)C(=O)NC(C)(C)C(=O)NC(C)(C)C(=O)OC. The molecule has 200 valence electrons. The highest BCUT2D eigenvalue weighted by atomic mass is 16.5. The number of esters is 1. The summed E-state index contributed by atoms with van der Waals surface area (Å²) in [7, 11) is 1.25. The molecule has 8 heteroatoms. The molecule has 0 aliphatic carbocycles. The highest BCUT2D eigenvalue weighted by molar-refractivity contribution is 5.95. The molecule has 0 radical (unpaired) electrons. The van der Waals surface area contributed by atoms with Crippen LogP contribution < -0.4 is 15.4 Å². The van der Waals surface area contributed by atoms with Gasteiger partial charge in [0.15, 0.2) is 0 Å². The standard InChI is InChI=1S/C28H43N3O5/c1-11-17-31(18-12-2)22(19-20-13-15-21(16-14-20)36-26(3,4)5)23(32)29-27(6,7)24(33)30-28(8,9)25(34)35-10/h11-16,22H,1-2,17-19H2,3-10H3,(H,29,32)(H,30,33)/t22-/m0/s1. The molecule has 0 saturated heterocycles. The summed E-state index contributed by atoms with van der Waals surface area (Å²) in [5.41, 5.74) is -1.92. The molecule has 0 unspecified atom stereocenters. The van der Waals surface area contributed by atoms with Crippen LogP contribution in [0.15, 0.2) is 49.6 Å². The van der Waals surface area contributed by atoms with Gasteiger partial charge >= 0.3 is 5.97 Å². The van der Waals surface area contributed by atoms with Crippen molar-refractivity contribution in [2.75, 3.05) is 20.2 Å². The van der Waals surface area contributed by atoms with Gasteiger partial charge in [0.1, 0.15) is 22.4 Å². The summed E-state index contributed by atoms with van der Waals surface area (Å²) in [5, 5.41) is 5.52. The fourth-order valence-corrected chi connectivity index (χ4v) is 3.51. The van der Waals surface area contributed by atoms with Gasteiger partial charge in [0.25, 0.3) is 0 Å². The second-order valence-electron chi connectivity index (χ2n) is 10.8. The first kappa shape index (κ1) is 30.9. The highest BCUT2D eigenvalue weighted by Gasteiger charge is 2.39. The number of rotatable bonds is 13. The molecule has 0 bridgehead atoms. The Morgan fingerprint density at radius 1 is 0.917 bits per heavy atom. The van der Waals surface area contributed by atoms with Gasteiger partial charge in [-0.25, -0.2) is 4.79 Å². The molecule has 0 aliphatic heterocycles. The lowest BCUT2D eigenvalue weighted by Gasteiger charge is -2.34. The van der Waals surface area contributed by atoms with Crippen LogP contribution in [0.3, 0.4) is 0 Å². The zero-order valence-corrected chi connectivity index (χ0v) is 23.1. The molecule has 1 atom stereocenters. The summed E-state index contributed by atoms with van der Waals surface area (Å²) in [5.74, 6) is -0.678. The minimum absolute atomic E-state index is 0.316. The number of methoxy groups -OCH3 is 1. The summed E-state index contributed by atoms with van der Waals surface area (Å²) < 4.78 is 10.7. The van der Waals surface area contributed by atoms with Crippen molar-refractivity contribution in [3.05, 3.63) is 55.1 Å². The van der Waals surface area contributed by atoms with E-state index in [1.165, 1.54) is 7.11 Å². The number of carbonyl (C=O) groups excluding carboxylic acids is 3. The molecular formula is C28H43N3O5. The number of nitrogens with zero attached hydrogens (tertiary/aromatic N) is 1. The maximum atomic E-state index is 13.6. The highest BCUT2D eigenvalue weighted by Crippen LogP contribution is 2.20. The minimum Gasteiger partial charge on any atom is -0.488 e. The van der Waals surface area contributed by atoms with Crippen molar-refractivity contribution in [2.24, 2.45) is 0 Å². The van der Waals surface area contributed by atoms with E-state index in [2.05, 4.69) is 23.8 Å². The normalized spacial score (nSPS) is 12.9. The Labute approximate surface area is 216 Å². The second kappa shape index (κ2) is 12.7. The minimum atomic E-state index is -1.29. The molecule has 0 fully saturated rings. The van der Waals surface area contributed by atoms with Gasteiger partial charge in [-0.05, 0) is 72.6 Å². The monoisotopic (exact) mass is 501 g/mol. The van der Waals surface area contributed by atoms with Gasteiger partial charge in [0.2, 0.25) is 11.8 Å². The van der Waals surface area contributed by atoms with Crippen molar-refractivity contribution >= 4 is 17.8 Å². The Morgan fingerprint density at radius 2 is 1.44 bits per heavy atom. The molecule has 2 amide bonds. The summed E-state index contributed by atoms with van der Waals surface area (Å²) in [4.78, 5) is 40.5. The van der Waals surface area contributed by atoms with E-state index in [9.17, 15) is 14.4 Å². The van der Waals surface area contributed by atoms with Gasteiger partial charge in [0, 0.05) is 13.1 Å². The molecule has 8 nitrogen and oxygen atoms in total. The van der Waals surface area contributed by atoms with E-state index in [4.69, 9.17) is 9.47 Å². The molecule has 0 aliphatic rings. The van der Waals surface area contributed by atoms with Crippen molar-refractivity contribution in [1.82, 2.24) is 15.5 Å². The third kappa shape index (κ3) is 9.49. The van der Waals surface area contributed by atoms with Crippen LogP contribution in [0, 0.1) is 0 Å². The van der Waals surface area contributed by atoms with Crippen molar-refractivity contribution < 1.29 is 23.9 Å². The van der Waals surface area contributed by atoms with Crippen LogP contribution in [0.25, 0.3) is 0 Å². The van der Waals surface area contributed by atoms with Crippen LogP contribution in [0.1, 0.15) is 54.0 Å². The quantitative estimate of drug-likeness (QED) is 0.318. The molecular weight excluding hydrogens is 458 g/mol. The molecule has 2 N–H and O–H groups in total. The Bertz CT molecular complexity index is 919. The van der Waals surface area contributed by atoms with Crippen LogP contribution in [-0.4, -0.2) is 65.6 Å². The lowest BCUT2D eigenvalue weighted by Crippen LogP contribution is -2.63. The number of nitrogens with one attached hydrogen (secondary N) is 2. The number of ether oxygens (including phenoxy) is 2. The average molecular weight is 502 g/mol. The predicted molar refractivity (Wildman–Crippen MR) is 143 cm³/mol. The third-order valence-corrected chi connectivity index (χ3v) is 5.37. The van der Waals surface area contributed by atoms with Crippen LogP contribution >= 0.6 is 0 Å². The van der Waals surface area contributed by atoms with E-state index in [-0.39, 0.29) is 11.5 Å². The fraction of sp³-hybridized carbons (Fsp3) is 0.536. The number of hydrogen-bond donors (Lipinski definition) is 2. The van der Waals surface area contributed by atoms with Crippen LogP contribution in [0.5, 0.6) is 5.75 Å². The summed E-state index contributed by atoms with van der Waals surface area (Å²) in [6.07, 6.45) is 3.84. The molecule has 0 aromatic heterocycles. The Kier molecular flexibility index (Phi) is 10.9. The summed E-state index contributed by atoms with van der Waals surface area (Å²) in [6, 6.07) is 7.02.